The highest BCUT2D eigenvalue weighted by Crippen LogP contribution is 2.41. The first-order valence-corrected chi connectivity index (χ1v) is 7.89. The van der Waals surface area contributed by atoms with Crippen LogP contribution in [0.1, 0.15) is 32.3 Å². The van der Waals surface area contributed by atoms with E-state index in [1.165, 1.54) is 4.90 Å². The fraction of sp³-hybridized carbons (Fsp3) is 0.471. The standard InChI is InChI=1S/C17H20N2O4/c1-3-17(4-2)11-19(15(17)21)14-13(20)18(16(22)23-14)10-12-8-6-5-7-9-12/h5-9,14H,3-4,10-11H2,1-2H3/t14-/m1/s1. The molecule has 2 fully saturated rings. The van der Waals surface area contributed by atoms with E-state index in [0.717, 1.165) is 23.3 Å². The zero-order valence-electron chi connectivity index (χ0n) is 13.3. The number of cyclic esters (lactones) is 1. The first-order valence-electron chi connectivity index (χ1n) is 7.89. The van der Waals surface area contributed by atoms with Gasteiger partial charge in [0.15, 0.2) is 0 Å². The van der Waals surface area contributed by atoms with Crippen LogP contribution in [0.3, 0.4) is 0 Å². The maximum Gasteiger partial charge on any atom is 0.419 e. The van der Waals surface area contributed by atoms with Crippen molar-refractivity contribution in [2.24, 2.45) is 5.41 Å². The highest BCUT2D eigenvalue weighted by atomic mass is 16.6. The average molecular weight is 316 g/mol. The van der Waals surface area contributed by atoms with Crippen LogP contribution in [0, 0.1) is 5.41 Å². The highest BCUT2D eigenvalue weighted by Gasteiger charge is 2.57. The van der Waals surface area contributed by atoms with Gasteiger partial charge in [-0.15, -0.1) is 0 Å². The molecule has 3 amide bonds. The number of carbonyl (C=O) groups is 3. The lowest BCUT2D eigenvalue weighted by molar-refractivity contribution is -0.179. The summed E-state index contributed by atoms with van der Waals surface area (Å²) in [6.45, 7) is 4.54. The Bertz CT molecular complexity index is 639. The van der Waals surface area contributed by atoms with E-state index in [9.17, 15) is 14.4 Å². The molecule has 0 spiro atoms. The Labute approximate surface area is 135 Å². The monoisotopic (exact) mass is 316 g/mol. The van der Waals surface area contributed by atoms with Gasteiger partial charge in [0, 0.05) is 6.54 Å². The minimum absolute atomic E-state index is 0.102. The summed E-state index contributed by atoms with van der Waals surface area (Å²) < 4.78 is 5.16. The van der Waals surface area contributed by atoms with E-state index >= 15 is 0 Å². The summed E-state index contributed by atoms with van der Waals surface area (Å²) in [5.74, 6) is -0.566. The van der Waals surface area contributed by atoms with Crippen molar-refractivity contribution >= 4 is 17.9 Å². The van der Waals surface area contributed by atoms with E-state index in [1.54, 1.807) is 0 Å². The number of likely N-dealkylation sites (tertiary alicyclic amines) is 1. The first kappa shape index (κ1) is 15.5. The molecule has 0 unspecified atom stereocenters. The smallest absolute Gasteiger partial charge is 0.415 e. The lowest BCUT2D eigenvalue weighted by atomic mass is 9.74. The number of β-lactam (4-membered cyclic amide) rings is 1. The molecule has 1 aromatic carbocycles. The van der Waals surface area contributed by atoms with Gasteiger partial charge in [0.05, 0.1) is 12.0 Å². The van der Waals surface area contributed by atoms with Crippen LogP contribution in [0.5, 0.6) is 0 Å². The number of nitrogens with zero attached hydrogens (tertiary/aromatic N) is 2. The number of imide groups is 1. The summed E-state index contributed by atoms with van der Waals surface area (Å²) in [6, 6.07) is 9.22. The van der Waals surface area contributed by atoms with Crippen LogP contribution < -0.4 is 0 Å². The van der Waals surface area contributed by atoms with E-state index in [1.807, 2.05) is 44.2 Å². The van der Waals surface area contributed by atoms with Crippen LogP contribution in [-0.4, -0.2) is 40.5 Å². The van der Waals surface area contributed by atoms with E-state index in [0.29, 0.717) is 6.54 Å². The number of ether oxygens (including phenoxy) is 1. The van der Waals surface area contributed by atoms with Gasteiger partial charge in [0.25, 0.3) is 12.1 Å². The second-order valence-electron chi connectivity index (χ2n) is 6.07. The van der Waals surface area contributed by atoms with Gasteiger partial charge in [-0.2, -0.15) is 0 Å². The molecule has 23 heavy (non-hydrogen) atoms. The van der Waals surface area contributed by atoms with Crippen LogP contribution in [0.2, 0.25) is 0 Å². The van der Waals surface area contributed by atoms with E-state index in [-0.39, 0.29) is 12.5 Å². The van der Waals surface area contributed by atoms with Crippen LogP contribution in [0.4, 0.5) is 4.79 Å². The molecular formula is C17H20N2O4. The van der Waals surface area contributed by atoms with Crippen LogP contribution in [0.15, 0.2) is 30.3 Å². The number of hydrogen-bond donors (Lipinski definition) is 0. The first-order chi connectivity index (χ1) is 11.0. The second kappa shape index (κ2) is 5.68. The zero-order chi connectivity index (χ0) is 16.6. The van der Waals surface area contributed by atoms with Crippen LogP contribution in [-0.2, 0) is 20.9 Å². The van der Waals surface area contributed by atoms with Gasteiger partial charge in [0.2, 0.25) is 5.91 Å². The molecule has 0 bridgehead atoms. The summed E-state index contributed by atoms with van der Waals surface area (Å²) in [7, 11) is 0. The molecule has 0 saturated carbocycles. The SMILES string of the molecule is CCC1(CC)CN([C@@H]2OC(=O)N(Cc3ccccc3)C2=O)C1=O. The molecule has 2 saturated heterocycles. The number of benzene rings is 1. The molecule has 6 heteroatoms. The van der Waals surface area contributed by atoms with E-state index in [2.05, 4.69) is 0 Å². The molecule has 6 nitrogen and oxygen atoms in total. The fourth-order valence-electron chi connectivity index (χ4n) is 3.18. The molecule has 0 N–H and O–H groups in total. The lowest BCUT2D eigenvalue weighted by Gasteiger charge is -2.49. The van der Waals surface area contributed by atoms with Crippen molar-refractivity contribution in [3.05, 3.63) is 35.9 Å². The van der Waals surface area contributed by atoms with Gasteiger partial charge in [-0.25, -0.2) is 9.69 Å². The third kappa shape index (κ3) is 2.38. The number of amides is 3. The average Bonchev–Trinajstić information content (AvgIpc) is 2.84. The topological polar surface area (TPSA) is 66.9 Å². The molecule has 2 aliphatic heterocycles. The van der Waals surface area contributed by atoms with Crippen LogP contribution in [0.25, 0.3) is 0 Å². The number of hydrogen-bond acceptors (Lipinski definition) is 4. The third-order valence-corrected chi connectivity index (χ3v) is 4.92. The van der Waals surface area contributed by atoms with Crippen LogP contribution >= 0.6 is 0 Å². The summed E-state index contributed by atoms with van der Waals surface area (Å²) in [4.78, 5) is 39.3. The van der Waals surface area contributed by atoms with Gasteiger partial charge in [-0.05, 0) is 18.4 Å². The lowest BCUT2D eigenvalue weighted by Crippen LogP contribution is -2.65. The summed E-state index contributed by atoms with van der Waals surface area (Å²) in [5.41, 5.74) is 0.435. The molecule has 1 atom stereocenters. The Morgan fingerprint density at radius 1 is 1.13 bits per heavy atom. The largest absolute Gasteiger partial charge is 0.419 e. The Morgan fingerprint density at radius 2 is 1.78 bits per heavy atom. The summed E-state index contributed by atoms with van der Waals surface area (Å²) >= 11 is 0. The predicted molar refractivity (Wildman–Crippen MR) is 82.0 cm³/mol. The highest BCUT2D eigenvalue weighted by molar-refractivity contribution is 6.03. The van der Waals surface area contributed by atoms with Crippen molar-refractivity contribution in [2.75, 3.05) is 6.54 Å². The quantitative estimate of drug-likeness (QED) is 0.781. The van der Waals surface area contributed by atoms with Crippen molar-refractivity contribution in [2.45, 2.75) is 39.5 Å². The minimum Gasteiger partial charge on any atom is -0.415 e. The maximum absolute atomic E-state index is 12.5. The Balaban J connectivity index is 1.72. The molecule has 0 radical (unpaired) electrons. The van der Waals surface area contributed by atoms with E-state index in [4.69, 9.17) is 4.74 Å². The van der Waals surface area contributed by atoms with Crippen molar-refractivity contribution in [1.82, 2.24) is 9.80 Å². The molecule has 0 aliphatic carbocycles. The fourth-order valence-corrected chi connectivity index (χ4v) is 3.18. The molecular weight excluding hydrogens is 296 g/mol. The van der Waals surface area contributed by atoms with Crippen molar-refractivity contribution < 1.29 is 19.1 Å². The number of rotatable bonds is 5. The predicted octanol–water partition coefficient (Wildman–Crippen LogP) is 2.14. The normalized spacial score (nSPS) is 23.0. The van der Waals surface area contributed by atoms with Gasteiger partial charge < -0.3 is 4.74 Å². The number of carbonyl (C=O) groups excluding carboxylic acids is 3. The molecule has 3 rings (SSSR count). The molecule has 1 aromatic rings. The minimum atomic E-state index is -1.11. The van der Waals surface area contributed by atoms with Gasteiger partial charge in [-0.3, -0.25) is 14.5 Å². The van der Waals surface area contributed by atoms with E-state index < -0.39 is 23.6 Å². The van der Waals surface area contributed by atoms with Crippen molar-refractivity contribution in [3.8, 4) is 0 Å². The summed E-state index contributed by atoms with van der Waals surface area (Å²) in [5, 5.41) is 0. The molecule has 2 aliphatic rings. The Hall–Kier alpha value is -2.37. The van der Waals surface area contributed by atoms with Crippen molar-refractivity contribution in [1.29, 1.82) is 0 Å². The third-order valence-electron chi connectivity index (χ3n) is 4.92. The Morgan fingerprint density at radius 3 is 2.35 bits per heavy atom. The molecule has 2 heterocycles. The van der Waals surface area contributed by atoms with Crippen molar-refractivity contribution in [3.63, 3.8) is 0 Å². The zero-order valence-corrected chi connectivity index (χ0v) is 13.3. The van der Waals surface area contributed by atoms with Gasteiger partial charge >= 0.3 is 6.09 Å². The second-order valence-corrected chi connectivity index (χ2v) is 6.07. The Kier molecular flexibility index (Phi) is 3.83. The summed E-state index contributed by atoms with van der Waals surface area (Å²) in [6.07, 6.45) is -0.352. The van der Waals surface area contributed by atoms with Gasteiger partial charge in [0.1, 0.15) is 0 Å². The van der Waals surface area contributed by atoms with Gasteiger partial charge in [-0.1, -0.05) is 44.2 Å². The molecule has 122 valence electrons. The molecule has 0 aromatic heterocycles. The maximum atomic E-state index is 12.5.